The van der Waals surface area contributed by atoms with Gasteiger partial charge in [-0.05, 0) is 19.4 Å². The quantitative estimate of drug-likeness (QED) is 0.699. The topological polar surface area (TPSA) is 43.8 Å². The first-order valence-electron chi connectivity index (χ1n) is 8.46. The lowest BCUT2D eigenvalue weighted by Crippen LogP contribution is -2.23. The molecule has 0 aliphatic carbocycles. The number of benzene rings is 1. The second kappa shape index (κ2) is 8.18. The summed E-state index contributed by atoms with van der Waals surface area (Å²) in [4.78, 5) is 0. The molecule has 0 amide bonds. The van der Waals surface area contributed by atoms with E-state index in [1.165, 1.54) is 43.0 Å². The Kier molecular flexibility index (Phi) is 6.24. The third-order valence-electron chi connectivity index (χ3n) is 4.17. The third-order valence-corrected chi connectivity index (χ3v) is 4.17. The van der Waals surface area contributed by atoms with Gasteiger partial charge < -0.3 is 5.73 Å². The monoisotopic (exact) mass is 287 g/mol. The first-order chi connectivity index (χ1) is 10.3. The van der Waals surface area contributed by atoms with Gasteiger partial charge in [0.15, 0.2) is 0 Å². The van der Waals surface area contributed by atoms with Gasteiger partial charge in [0.25, 0.3) is 0 Å². The Balaban J connectivity index is 1.93. The van der Waals surface area contributed by atoms with E-state index in [0.29, 0.717) is 0 Å². The highest BCUT2D eigenvalue weighted by atomic mass is 15.3. The van der Waals surface area contributed by atoms with Crippen molar-refractivity contribution in [1.29, 1.82) is 0 Å². The molecule has 1 aromatic heterocycles. The van der Waals surface area contributed by atoms with Crippen LogP contribution < -0.4 is 5.73 Å². The van der Waals surface area contributed by atoms with E-state index in [0.717, 1.165) is 25.1 Å². The van der Waals surface area contributed by atoms with Crippen molar-refractivity contribution in [3.63, 3.8) is 0 Å². The van der Waals surface area contributed by atoms with Crippen LogP contribution in [0, 0.1) is 0 Å². The highest BCUT2D eigenvalue weighted by Gasteiger charge is 2.12. The first-order valence-corrected chi connectivity index (χ1v) is 8.46. The summed E-state index contributed by atoms with van der Waals surface area (Å²) in [6.45, 7) is 5.30. The van der Waals surface area contributed by atoms with E-state index in [2.05, 4.69) is 42.8 Å². The van der Waals surface area contributed by atoms with E-state index in [1.54, 1.807) is 0 Å². The zero-order valence-corrected chi connectivity index (χ0v) is 13.5. The van der Waals surface area contributed by atoms with Crippen LogP contribution in [-0.2, 0) is 13.0 Å². The van der Waals surface area contributed by atoms with Crippen molar-refractivity contribution < 1.29 is 0 Å². The molecule has 0 bridgehead atoms. The van der Waals surface area contributed by atoms with Crippen LogP contribution in [-0.4, -0.2) is 15.8 Å². The number of aryl methyl sites for hydroxylation is 1. The predicted octanol–water partition coefficient (Wildman–Crippen LogP) is 4.29. The van der Waals surface area contributed by atoms with Crippen molar-refractivity contribution >= 4 is 10.9 Å². The first kappa shape index (κ1) is 16.0. The molecule has 1 heterocycles. The van der Waals surface area contributed by atoms with Crippen molar-refractivity contribution in [2.75, 3.05) is 0 Å². The van der Waals surface area contributed by atoms with Gasteiger partial charge in [0.05, 0.1) is 11.2 Å². The number of nitrogens with zero attached hydrogens (tertiary/aromatic N) is 2. The third kappa shape index (κ3) is 4.31. The lowest BCUT2D eigenvalue weighted by atomic mass is 10.0. The number of nitrogens with two attached hydrogens (primary N) is 1. The molecule has 0 radical (unpaired) electrons. The highest BCUT2D eigenvalue weighted by Crippen LogP contribution is 2.20. The van der Waals surface area contributed by atoms with E-state index in [1.807, 2.05) is 0 Å². The van der Waals surface area contributed by atoms with Gasteiger partial charge in [0.1, 0.15) is 0 Å². The molecule has 1 atom stereocenters. The maximum absolute atomic E-state index is 6.31. The molecule has 21 heavy (non-hydrogen) atoms. The summed E-state index contributed by atoms with van der Waals surface area (Å²) >= 11 is 0. The lowest BCUT2D eigenvalue weighted by molar-refractivity contribution is 0.531. The summed E-state index contributed by atoms with van der Waals surface area (Å²) in [5.74, 6) is 0. The van der Waals surface area contributed by atoms with Crippen LogP contribution in [0.3, 0.4) is 0 Å². The molecule has 2 aromatic rings. The largest absolute Gasteiger partial charge is 0.327 e. The second-order valence-electron chi connectivity index (χ2n) is 5.95. The normalized spacial score (nSPS) is 12.9. The van der Waals surface area contributed by atoms with Gasteiger partial charge in [-0.15, -0.1) is 0 Å². The molecule has 2 rings (SSSR count). The SMILES string of the molecule is CCCCCCCC(N)Cc1nn(CC)c2ccccc12. The summed E-state index contributed by atoms with van der Waals surface area (Å²) in [7, 11) is 0. The van der Waals surface area contributed by atoms with Gasteiger partial charge in [-0.1, -0.05) is 57.2 Å². The van der Waals surface area contributed by atoms with E-state index in [-0.39, 0.29) is 6.04 Å². The molecule has 1 unspecified atom stereocenters. The molecule has 0 fully saturated rings. The fourth-order valence-corrected chi connectivity index (χ4v) is 2.95. The Morgan fingerprint density at radius 2 is 1.86 bits per heavy atom. The molecular formula is C18H29N3. The summed E-state index contributed by atoms with van der Waals surface area (Å²) in [6, 6.07) is 8.70. The van der Waals surface area contributed by atoms with Crippen molar-refractivity contribution in [1.82, 2.24) is 9.78 Å². The fraction of sp³-hybridized carbons (Fsp3) is 0.611. The van der Waals surface area contributed by atoms with Gasteiger partial charge in [0.2, 0.25) is 0 Å². The number of unbranched alkanes of at least 4 members (excludes halogenated alkanes) is 4. The predicted molar refractivity (Wildman–Crippen MR) is 90.5 cm³/mol. The fourth-order valence-electron chi connectivity index (χ4n) is 2.95. The average molecular weight is 287 g/mol. The maximum Gasteiger partial charge on any atom is 0.0718 e. The Morgan fingerprint density at radius 1 is 1.10 bits per heavy atom. The Bertz CT molecular complexity index is 544. The maximum atomic E-state index is 6.31. The van der Waals surface area contributed by atoms with Gasteiger partial charge in [-0.3, -0.25) is 4.68 Å². The minimum atomic E-state index is 0.232. The minimum absolute atomic E-state index is 0.232. The molecular weight excluding hydrogens is 258 g/mol. The molecule has 2 N–H and O–H groups in total. The highest BCUT2D eigenvalue weighted by molar-refractivity contribution is 5.82. The Labute approximate surface area is 128 Å². The zero-order valence-electron chi connectivity index (χ0n) is 13.5. The molecule has 0 saturated heterocycles. The average Bonchev–Trinajstić information content (AvgIpc) is 2.85. The van der Waals surface area contributed by atoms with E-state index >= 15 is 0 Å². The standard InChI is InChI=1S/C18H29N3/c1-3-5-6-7-8-11-15(19)14-17-16-12-9-10-13-18(16)21(4-2)20-17/h9-10,12-13,15H,3-8,11,14,19H2,1-2H3. The number of hydrogen-bond acceptors (Lipinski definition) is 2. The van der Waals surface area contributed by atoms with Crippen molar-refractivity contribution in [2.24, 2.45) is 5.73 Å². The van der Waals surface area contributed by atoms with Crippen molar-refractivity contribution in [3.05, 3.63) is 30.0 Å². The van der Waals surface area contributed by atoms with Crippen LogP contribution in [0.1, 0.15) is 58.1 Å². The van der Waals surface area contributed by atoms with Crippen molar-refractivity contribution in [2.45, 2.75) is 71.4 Å². The number of aromatic nitrogens is 2. The second-order valence-corrected chi connectivity index (χ2v) is 5.95. The lowest BCUT2D eigenvalue weighted by Gasteiger charge is -2.10. The molecule has 116 valence electrons. The summed E-state index contributed by atoms with van der Waals surface area (Å²) in [5, 5.41) is 6.01. The number of fused-ring (bicyclic) bond motifs is 1. The molecule has 0 aliphatic rings. The minimum Gasteiger partial charge on any atom is -0.327 e. The van der Waals surface area contributed by atoms with E-state index < -0.39 is 0 Å². The molecule has 0 spiro atoms. The van der Waals surface area contributed by atoms with Crippen LogP contribution in [0.5, 0.6) is 0 Å². The molecule has 3 heteroatoms. The van der Waals surface area contributed by atoms with E-state index in [9.17, 15) is 0 Å². The molecule has 1 aromatic carbocycles. The molecule has 0 aliphatic heterocycles. The number of hydrogen-bond donors (Lipinski definition) is 1. The van der Waals surface area contributed by atoms with Gasteiger partial charge in [0, 0.05) is 24.4 Å². The van der Waals surface area contributed by atoms with Crippen LogP contribution in [0.2, 0.25) is 0 Å². The Hall–Kier alpha value is -1.35. The van der Waals surface area contributed by atoms with Gasteiger partial charge in [-0.2, -0.15) is 5.10 Å². The summed E-state index contributed by atoms with van der Waals surface area (Å²) in [6.07, 6.45) is 8.54. The van der Waals surface area contributed by atoms with E-state index in [4.69, 9.17) is 10.8 Å². The molecule has 3 nitrogen and oxygen atoms in total. The zero-order chi connectivity index (χ0) is 15.1. The number of para-hydroxylation sites is 1. The summed E-state index contributed by atoms with van der Waals surface area (Å²) in [5.41, 5.74) is 8.70. The van der Waals surface area contributed by atoms with Crippen LogP contribution >= 0.6 is 0 Å². The molecule has 0 saturated carbocycles. The smallest absolute Gasteiger partial charge is 0.0718 e. The Morgan fingerprint density at radius 3 is 2.62 bits per heavy atom. The van der Waals surface area contributed by atoms with Crippen LogP contribution in [0.4, 0.5) is 0 Å². The van der Waals surface area contributed by atoms with Crippen LogP contribution in [0.15, 0.2) is 24.3 Å². The van der Waals surface area contributed by atoms with Crippen LogP contribution in [0.25, 0.3) is 10.9 Å². The van der Waals surface area contributed by atoms with Gasteiger partial charge >= 0.3 is 0 Å². The summed E-state index contributed by atoms with van der Waals surface area (Å²) < 4.78 is 2.08. The van der Waals surface area contributed by atoms with Gasteiger partial charge in [-0.25, -0.2) is 0 Å². The number of rotatable bonds is 9. The van der Waals surface area contributed by atoms with Crippen molar-refractivity contribution in [3.8, 4) is 0 Å².